The van der Waals surface area contributed by atoms with Crippen LogP contribution in [0.3, 0.4) is 0 Å². The van der Waals surface area contributed by atoms with Gasteiger partial charge in [0.05, 0.1) is 35.4 Å². The van der Waals surface area contributed by atoms with E-state index in [0.717, 1.165) is 23.9 Å². The van der Waals surface area contributed by atoms with Crippen molar-refractivity contribution in [1.82, 2.24) is 30.1 Å². The van der Waals surface area contributed by atoms with Gasteiger partial charge in [-0.05, 0) is 30.7 Å². The number of fused-ring (bicyclic) bond motifs is 2. The molecular formula is C27H22FN7O2. The molecule has 0 aliphatic rings. The number of hydrogen-bond donors (Lipinski definition) is 3. The van der Waals surface area contributed by atoms with E-state index in [1.54, 1.807) is 43.2 Å². The van der Waals surface area contributed by atoms with Gasteiger partial charge in [0, 0.05) is 47.0 Å². The third kappa shape index (κ3) is 4.22. The fourth-order valence-corrected chi connectivity index (χ4v) is 4.31. The molecule has 0 unspecified atom stereocenters. The number of pyridine rings is 2. The Morgan fingerprint density at radius 2 is 2.03 bits per heavy atom. The molecule has 0 spiro atoms. The molecule has 0 saturated carbocycles. The van der Waals surface area contributed by atoms with Gasteiger partial charge >= 0.3 is 0 Å². The number of imidazole rings is 1. The topological polar surface area (TPSA) is 125 Å². The number of anilines is 1. The third-order valence-corrected chi connectivity index (χ3v) is 6.16. The predicted molar refractivity (Wildman–Crippen MR) is 138 cm³/mol. The number of hydrogen-bond acceptors (Lipinski definition) is 6. The zero-order valence-corrected chi connectivity index (χ0v) is 19.9. The van der Waals surface area contributed by atoms with Gasteiger partial charge in [-0.2, -0.15) is 5.10 Å². The van der Waals surface area contributed by atoms with Crippen LogP contribution < -0.4 is 5.32 Å². The van der Waals surface area contributed by atoms with Crippen molar-refractivity contribution in [1.29, 1.82) is 0 Å². The lowest BCUT2D eigenvalue weighted by atomic mass is 10.0. The van der Waals surface area contributed by atoms with Gasteiger partial charge in [-0.3, -0.25) is 19.9 Å². The lowest BCUT2D eigenvalue weighted by molar-refractivity contribution is -0.116. The second-order valence-electron chi connectivity index (χ2n) is 8.72. The van der Waals surface area contributed by atoms with E-state index in [-0.39, 0.29) is 5.91 Å². The predicted octanol–water partition coefficient (Wildman–Crippen LogP) is 6.09. The number of unbranched alkanes of at least 4 members (excludes halogenated alkanes) is 1. The van der Waals surface area contributed by atoms with Crippen molar-refractivity contribution in [3.63, 3.8) is 0 Å². The third-order valence-electron chi connectivity index (χ3n) is 6.16. The highest BCUT2D eigenvalue weighted by Gasteiger charge is 2.18. The number of nitrogens with one attached hydrogen (secondary N) is 3. The van der Waals surface area contributed by atoms with Crippen LogP contribution in [0.5, 0.6) is 0 Å². The van der Waals surface area contributed by atoms with Crippen LogP contribution >= 0.6 is 0 Å². The molecule has 6 aromatic rings. The highest BCUT2D eigenvalue weighted by Crippen LogP contribution is 2.34. The molecule has 0 bridgehead atoms. The summed E-state index contributed by atoms with van der Waals surface area (Å²) in [6, 6.07) is 8.48. The minimum atomic E-state index is -0.435. The highest BCUT2D eigenvalue weighted by molar-refractivity contribution is 5.98. The normalized spacial score (nSPS) is 11.4. The average molecular weight is 496 g/mol. The van der Waals surface area contributed by atoms with E-state index in [9.17, 15) is 4.79 Å². The smallest absolute Gasteiger partial charge is 0.224 e. The number of nitrogens with zero attached hydrogens (tertiary/aromatic N) is 4. The largest absolute Gasteiger partial charge is 0.472 e. The molecular weight excluding hydrogens is 473 g/mol. The number of aromatic amines is 2. The van der Waals surface area contributed by atoms with Crippen molar-refractivity contribution in [2.24, 2.45) is 0 Å². The van der Waals surface area contributed by atoms with Crippen LogP contribution in [0.15, 0.2) is 65.9 Å². The van der Waals surface area contributed by atoms with Crippen molar-refractivity contribution in [2.75, 3.05) is 5.32 Å². The molecule has 1 amide bonds. The van der Waals surface area contributed by atoms with E-state index in [2.05, 4.69) is 30.5 Å². The molecule has 0 radical (unpaired) electrons. The summed E-state index contributed by atoms with van der Waals surface area (Å²) in [7, 11) is 0. The van der Waals surface area contributed by atoms with Crippen molar-refractivity contribution >= 4 is 33.5 Å². The number of halogens is 1. The molecule has 10 heteroatoms. The van der Waals surface area contributed by atoms with Crippen LogP contribution in [-0.2, 0) is 4.79 Å². The van der Waals surface area contributed by atoms with E-state index >= 15 is 4.39 Å². The Morgan fingerprint density at radius 1 is 1.11 bits per heavy atom. The Balaban J connectivity index is 1.40. The standard InChI is InChI=1S/C27H22FN7O2/c1-2-3-4-23(36)31-17-9-16(12-29-13-17)18-10-19-22(11-20(18)28)34-35-25(19)27-32-21-5-7-30-24(26(21)33-27)15-6-8-37-14-15/h5-14H,2-4H2,1H3,(H,31,36)(H,32,33)(H,34,35). The van der Waals surface area contributed by atoms with Gasteiger partial charge in [0.25, 0.3) is 0 Å². The summed E-state index contributed by atoms with van der Waals surface area (Å²) < 4.78 is 20.4. The van der Waals surface area contributed by atoms with Gasteiger partial charge < -0.3 is 14.7 Å². The second-order valence-corrected chi connectivity index (χ2v) is 8.72. The fourth-order valence-electron chi connectivity index (χ4n) is 4.31. The Hall–Kier alpha value is -4.86. The van der Waals surface area contributed by atoms with Crippen LogP contribution in [0, 0.1) is 5.82 Å². The first-order valence-electron chi connectivity index (χ1n) is 11.9. The van der Waals surface area contributed by atoms with Crippen LogP contribution in [0.25, 0.3) is 55.8 Å². The number of amides is 1. The van der Waals surface area contributed by atoms with Gasteiger partial charge in [-0.1, -0.05) is 13.3 Å². The second kappa shape index (κ2) is 9.30. The Labute approximate surface area is 210 Å². The Morgan fingerprint density at radius 3 is 2.86 bits per heavy atom. The summed E-state index contributed by atoms with van der Waals surface area (Å²) in [6.45, 7) is 2.03. The number of benzene rings is 1. The van der Waals surface area contributed by atoms with Gasteiger partial charge in [-0.25, -0.2) is 9.37 Å². The Kier molecular flexibility index (Phi) is 5.68. The maximum atomic E-state index is 15.2. The van der Waals surface area contributed by atoms with Crippen LogP contribution in [0.1, 0.15) is 26.2 Å². The summed E-state index contributed by atoms with van der Waals surface area (Å²) in [5.74, 6) is -0.00960. The number of carbonyl (C=O) groups excluding carboxylic acids is 1. The zero-order valence-electron chi connectivity index (χ0n) is 19.9. The first-order valence-corrected chi connectivity index (χ1v) is 11.9. The SMILES string of the molecule is CCCCC(=O)Nc1cncc(-c2cc3c(-c4nc5c(-c6ccoc6)nccc5[nH]4)n[nH]c3cc2F)c1. The lowest BCUT2D eigenvalue weighted by Gasteiger charge is -2.08. The number of carbonyl (C=O) groups is 1. The molecule has 3 N–H and O–H groups in total. The maximum absolute atomic E-state index is 15.2. The molecule has 37 heavy (non-hydrogen) atoms. The summed E-state index contributed by atoms with van der Waals surface area (Å²) in [6.07, 6.45) is 10.2. The molecule has 1 aromatic carbocycles. The van der Waals surface area contributed by atoms with E-state index in [1.807, 2.05) is 19.1 Å². The van der Waals surface area contributed by atoms with Crippen LogP contribution in [-0.4, -0.2) is 36.0 Å². The monoisotopic (exact) mass is 495 g/mol. The van der Waals surface area contributed by atoms with Crippen LogP contribution in [0.4, 0.5) is 10.1 Å². The minimum Gasteiger partial charge on any atom is -0.472 e. The molecule has 9 nitrogen and oxygen atoms in total. The van der Waals surface area contributed by atoms with Gasteiger partial charge in [0.1, 0.15) is 22.7 Å². The summed E-state index contributed by atoms with van der Waals surface area (Å²) in [5.41, 5.74) is 5.42. The average Bonchev–Trinajstić information content (AvgIpc) is 3.66. The Bertz CT molecular complexity index is 1740. The number of furan rings is 1. The first-order chi connectivity index (χ1) is 18.1. The molecule has 5 aromatic heterocycles. The summed E-state index contributed by atoms with van der Waals surface area (Å²) in [4.78, 5) is 28.9. The molecule has 0 atom stereocenters. The van der Waals surface area contributed by atoms with Gasteiger partial charge in [-0.15, -0.1) is 0 Å². The first kappa shape index (κ1) is 22.6. The summed E-state index contributed by atoms with van der Waals surface area (Å²) >= 11 is 0. The molecule has 5 heterocycles. The van der Waals surface area contributed by atoms with E-state index in [0.29, 0.717) is 56.9 Å². The number of H-pyrrole nitrogens is 2. The minimum absolute atomic E-state index is 0.0944. The lowest BCUT2D eigenvalue weighted by Crippen LogP contribution is -2.11. The molecule has 184 valence electrons. The number of rotatable bonds is 7. The van der Waals surface area contributed by atoms with E-state index in [1.165, 1.54) is 6.07 Å². The maximum Gasteiger partial charge on any atom is 0.224 e. The molecule has 0 aliphatic carbocycles. The van der Waals surface area contributed by atoms with Crippen molar-refractivity contribution < 1.29 is 13.6 Å². The zero-order chi connectivity index (χ0) is 25.4. The quantitative estimate of drug-likeness (QED) is 0.246. The van der Waals surface area contributed by atoms with Gasteiger partial charge in [0.15, 0.2) is 5.82 Å². The molecule has 6 rings (SSSR count). The molecule has 0 fully saturated rings. The van der Waals surface area contributed by atoms with E-state index in [4.69, 9.17) is 9.40 Å². The van der Waals surface area contributed by atoms with Crippen LogP contribution in [0.2, 0.25) is 0 Å². The number of aromatic nitrogens is 6. The van der Waals surface area contributed by atoms with Crippen molar-refractivity contribution in [2.45, 2.75) is 26.2 Å². The molecule has 0 aliphatic heterocycles. The fraction of sp³-hybridized carbons (Fsp3) is 0.148. The summed E-state index contributed by atoms with van der Waals surface area (Å²) in [5, 5.41) is 10.8. The van der Waals surface area contributed by atoms with E-state index < -0.39 is 5.82 Å². The molecule has 0 saturated heterocycles. The van der Waals surface area contributed by atoms with Crippen molar-refractivity contribution in [3.05, 3.63) is 67.3 Å². The van der Waals surface area contributed by atoms with Crippen molar-refractivity contribution in [3.8, 4) is 33.9 Å². The van der Waals surface area contributed by atoms with Gasteiger partial charge in [0.2, 0.25) is 5.91 Å². The highest BCUT2D eigenvalue weighted by atomic mass is 19.1.